The van der Waals surface area contributed by atoms with Gasteiger partial charge in [-0.05, 0) is 6.42 Å². The summed E-state index contributed by atoms with van der Waals surface area (Å²) in [5, 5.41) is 18.6. The van der Waals surface area contributed by atoms with E-state index in [-0.39, 0.29) is 12.5 Å². The van der Waals surface area contributed by atoms with Crippen LogP contribution < -0.4 is 0 Å². The lowest BCUT2D eigenvalue weighted by molar-refractivity contribution is 0.0548. The molecule has 74 valence electrons. The van der Waals surface area contributed by atoms with Crippen LogP contribution in [-0.4, -0.2) is 32.5 Å². The molecule has 4 heteroatoms. The molecule has 0 aliphatic heterocycles. The molecule has 0 fully saturated rings. The van der Waals surface area contributed by atoms with Crippen molar-refractivity contribution in [2.24, 2.45) is 5.92 Å². The highest BCUT2D eigenvalue weighted by Gasteiger charge is 2.16. The van der Waals surface area contributed by atoms with Crippen LogP contribution in [0.5, 0.6) is 0 Å². The molecular formula is C9H16N2O2. The van der Waals surface area contributed by atoms with E-state index in [1.54, 1.807) is 12.5 Å². The van der Waals surface area contributed by atoms with Gasteiger partial charge in [-0.1, -0.05) is 6.92 Å². The number of aromatic nitrogens is 2. The number of aliphatic hydroxyl groups excluding tert-OH is 2. The minimum absolute atomic E-state index is 0.00713. The van der Waals surface area contributed by atoms with Gasteiger partial charge in [-0.25, -0.2) is 4.98 Å². The van der Waals surface area contributed by atoms with Crippen LogP contribution in [0.4, 0.5) is 0 Å². The zero-order chi connectivity index (χ0) is 9.68. The maximum absolute atomic E-state index is 9.52. The molecule has 0 amide bonds. The summed E-state index contributed by atoms with van der Waals surface area (Å²) >= 11 is 0. The Morgan fingerprint density at radius 2 is 2.31 bits per heavy atom. The molecular weight excluding hydrogens is 168 g/mol. The SMILES string of the molecule is CCC(O)C(CO)Cn1ccnc1. The van der Waals surface area contributed by atoms with E-state index in [9.17, 15) is 5.11 Å². The number of rotatable bonds is 5. The molecule has 0 radical (unpaired) electrons. The summed E-state index contributed by atoms with van der Waals surface area (Å²) in [6.45, 7) is 2.53. The van der Waals surface area contributed by atoms with Crippen molar-refractivity contribution < 1.29 is 10.2 Å². The average Bonchev–Trinajstić information content (AvgIpc) is 2.65. The van der Waals surface area contributed by atoms with Crippen LogP contribution in [0.1, 0.15) is 13.3 Å². The standard InChI is InChI=1S/C9H16N2O2/c1-2-9(13)8(6-12)5-11-4-3-10-7-11/h3-4,7-9,12-13H,2,5-6H2,1H3. The van der Waals surface area contributed by atoms with E-state index < -0.39 is 6.10 Å². The smallest absolute Gasteiger partial charge is 0.0946 e. The Balaban J connectivity index is 2.49. The second-order valence-corrected chi connectivity index (χ2v) is 3.18. The molecule has 2 atom stereocenters. The third kappa shape index (κ3) is 2.82. The van der Waals surface area contributed by atoms with Crippen LogP contribution in [0.25, 0.3) is 0 Å². The molecule has 0 aromatic carbocycles. The van der Waals surface area contributed by atoms with E-state index in [4.69, 9.17) is 5.11 Å². The van der Waals surface area contributed by atoms with Crippen molar-refractivity contribution in [3.05, 3.63) is 18.7 Å². The van der Waals surface area contributed by atoms with Gasteiger partial charge in [0, 0.05) is 24.9 Å². The molecule has 0 aliphatic rings. The van der Waals surface area contributed by atoms with E-state index >= 15 is 0 Å². The molecule has 2 N–H and O–H groups in total. The van der Waals surface area contributed by atoms with Gasteiger partial charge in [0.1, 0.15) is 0 Å². The molecule has 4 nitrogen and oxygen atoms in total. The minimum Gasteiger partial charge on any atom is -0.396 e. The lowest BCUT2D eigenvalue weighted by atomic mass is 10.0. The van der Waals surface area contributed by atoms with Crippen LogP contribution in [0.3, 0.4) is 0 Å². The summed E-state index contributed by atoms with van der Waals surface area (Å²) < 4.78 is 1.86. The predicted octanol–water partition coefficient (Wildman–Crippen LogP) is 0.262. The summed E-state index contributed by atoms with van der Waals surface area (Å²) in [5.74, 6) is -0.0980. The third-order valence-electron chi connectivity index (χ3n) is 2.20. The summed E-state index contributed by atoms with van der Waals surface area (Å²) in [5.41, 5.74) is 0. The number of hydrogen-bond donors (Lipinski definition) is 2. The zero-order valence-corrected chi connectivity index (χ0v) is 7.80. The Labute approximate surface area is 77.8 Å². The Kier molecular flexibility index (Phi) is 3.92. The Hall–Kier alpha value is -0.870. The van der Waals surface area contributed by atoms with E-state index in [1.165, 1.54) is 0 Å². The number of aliphatic hydroxyl groups is 2. The molecule has 0 aliphatic carbocycles. The first-order valence-electron chi connectivity index (χ1n) is 4.52. The van der Waals surface area contributed by atoms with Gasteiger partial charge in [0.25, 0.3) is 0 Å². The first-order valence-corrected chi connectivity index (χ1v) is 4.52. The second kappa shape index (κ2) is 4.99. The number of hydrogen-bond acceptors (Lipinski definition) is 3. The first-order chi connectivity index (χ1) is 6.27. The van der Waals surface area contributed by atoms with Gasteiger partial charge in [0.2, 0.25) is 0 Å². The molecule has 1 rings (SSSR count). The fourth-order valence-corrected chi connectivity index (χ4v) is 1.30. The van der Waals surface area contributed by atoms with Crippen LogP contribution in [0.2, 0.25) is 0 Å². The number of imidazole rings is 1. The second-order valence-electron chi connectivity index (χ2n) is 3.18. The van der Waals surface area contributed by atoms with Crippen molar-refractivity contribution in [1.82, 2.24) is 9.55 Å². The van der Waals surface area contributed by atoms with Gasteiger partial charge in [-0.2, -0.15) is 0 Å². The highest BCUT2D eigenvalue weighted by atomic mass is 16.3. The highest BCUT2D eigenvalue weighted by Crippen LogP contribution is 2.09. The minimum atomic E-state index is -0.438. The van der Waals surface area contributed by atoms with E-state index in [0.717, 1.165) is 0 Å². The topological polar surface area (TPSA) is 58.3 Å². The fraction of sp³-hybridized carbons (Fsp3) is 0.667. The molecule has 13 heavy (non-hydrogen) atoms. The molecule has 1 heterocycles. The Bertz CT molecular complexity index is 224. The van der Waals surface area contributed by atoms with Crippen LogP contribution in [0, 0.1) is 5.92 Å². The normalized spacial score (nSPS) is 15.6. The van der Waals surface area contributed by atoms with Crippen molar-refractivity contribution in [3.8, 4) is 0 Å². The van der Waals surface area contributed by atoms with Crippen molar-refractivity contribution >= 4 is 0 Å². The molecule has 0 bridgehead atoms. The maximum atomic E-state index is 9.52. The van der Waals surface area contributed by atoms with Gasteiger partial charge in [0.15, 0.2) is 0 Å². The van der Waals surface area contributed by atoms with E-state index in [2.05, 4.69) is 4.98 Å². The van der Waals surface area contributed by atoms with Crippen LogP contribution in [-0.2, 0) is 6.54 Å². The van der Waals surface area contributed by atoms with Crippen LogP contribution >= 0.6 is 0 Å². The van der Waals surface area contributed by atoms with Gasteiger partial charge < -0.3 is 14.8 Å². The number of nitrogens with zero attached hydrogens (tertiary/aromatic N) is 2. The largest absolute Gasteiger partial charge is 0.396 e. The molecule has 0 saturated heterocycles. The van der Waals surface area contributed by atoms with Crippen molar-refractivity contribution in [2.75, 3.05) is 6.61 Å². The molecule has 2 unspecified atom stereocenters. The lowest BCUT2D eigenvalue weighted by Crippen LogP contribution is -2.27. The van der Waals surface area contributed by atoms with Crippen molar-refractivity contribution in [2.45, 2.75) is 26.0 Å². The van der Waals surface area contributed by atoms with Crippen LogP contribution in [0.15, 0.2) is 18.7 Å². The van der Waals surface area contributed by atoms with E-state index in [0.29, 0.717) is 13.0 Å². The molecule has 1 aromatic heterocycles. The average molecular weight is 184 g/mol. The summed E-state index contributed by atoms with van der Waals surface area (Å²) in [6, 6.07) is 0. The third-order valence-corrected chi connectivity index (χ3v) is 2.20. The lowest BCUT2D eigenvalue weighted by Gasteiger charge is -2.19. The van der Waals surface area contributed by atoms with Crippen molar-refractivity contribution in [1.29, 1.82) is 0 Å². The molecule has 0 saturated carbocycles. The Morgan fingerprint density at radius 1 is 1.54 bits per heavy atom. The van der Waals surface area contributed by atoms with Gasteiger partial charge in [-0.15, -0.1) is 0 Å². The summed E-state index contributed by atoms with van der Waals surface area (Å²) in [7, 11) is 0. The first kappa shape index (κ1) is 10.2. The highest BCUT2D eigenvalue weighted by molar-refractivity contribution is 4.77. The van der Waals surface area contributed by atoms with Gasteiger partial charge >= 0.3 is 0 Å². The zero-order valence-electron chi connectivity index (χ0n) is 7.80. The predicted molar refractivity (Wildman–Crippen MR) is 49.1 cm³/mol. The summed E-state index contributed by atoms with van der Waals surface area (Å²) in [4.78, 5) is 3.89. The monoisotopic (exact) mass is 184 g/mol. The summed E-state index contributed by atoms with van der Waals surface area (Å²) in [6.07, 6.45) is 5.43. The quantitative estimate of drug-likeness (QED) is 0.690. The fourth-order valence-electron chi connectivity index (χ4n) is 1.30. The van der Waals surface area contributed by atoms with Crippen molar-refractivity contribution in [3.63, 3.8) is 0 Å². The molecule has 0 spiro atoms. The van der Waals surface area contributed by atoms with E-state index in [1.807, 2.05) is 17.7 Å². The van der Waals surface area contributed by atoms with Gasteiger partial charge in [-0.3, -0.25) is 0 Å². The van der Waals surface area contributed by atoms with Gasteiger partial charge in [0.05, 0.1) is 19.0 Å². The maximum Gasteiger partial charge on any atom is 0.0946 e. The Morgan fingerprint density at radius 3 is 2.77 bits per heavy atom. The molecule has 1 aromatic rings.